The highest BCUT2D eigenvalue weighted by Gasteiger charge is 2.22. The first-order chi connectivity index (χ1) is 11.7. The number of rotatable bonds is 6. The molecule has 4 N–H and O–H groups in total. The van der Waals surface area contributed by atoms with Crippen LogP contribution in [0.25, 0.3) is 0 Å². The van der Waals surface area contributed by atoms with Gasteiger partial charge in [-0.3, -0.25) is 0 Å². The highest BCUT2D eigenvalue weighted by molar-refractivity contribution is 5.41. The molecular formula is C20H26N2O2. The van der Waals surface area contributed by atoms with Crippen molar-refractivity contribution in [3.05, 3.63) is 54.1 Å². The zero-order chi connectivity index (χ0) is 16.8. The number of hydrogen-bond donors (Lipinski definition) is 2. The number of benzene rings is 2. The topological polar surface area (TPSA) is 70.5 Å². The summed E-state index contributed by atoms with van der Waals surface area (Å²) in [6.07, 6.45) is 4.92. The lowest BCUT2D eigenvalue weighted by Gasteiger charge is -2.29. The van der Waals surface area contributed by atoms with Gasteiger partial charge < -0.3 is 20.9 Å². The lowest BCUT2D eigenvalue weighted by atomic mass is 9.83. The zero-order valence-corrected chi connectivity index (χ0v) is 14.0. The molecule has 0 unspecified atom stereocenters. The molecule has 0 radical (unpaired) electrons. The summed E-state index contributed by atoms with van der Waals surface area (Å²) in [5.74, 6) is 1.47. The molecule has 3 rings (SSSR count). The van der Waals surface area contributed by atoms with Crippen LogP contribution in [-0.4, -0.2) is 19.3 Å². The van der Waals surface area contributed by atoms with Crippen LogP contribution in [0.4, 0.5) is 11.4 Å². The highest BCUT2D eigenvalue weighted by atomic mass is 16.5. The maximum atomic E-state index is 5.96. The van der Waals surface area contributed by atoms with Crippen molar-refractivity contribution in [2.75, 3.05) is 24.7 Å². The summed E-state index contributed by atoms with van der Waals surface area (Å²) in [7, 11) is 0. The van der Waals surface area contributed by atoms with Crippen molar-refractivity contribution in [3.63, 3.8) is 0 Å². The van der Waals surface area contributed by atoms with Crippen LogP contribution in [0.1, 0.15) is 37.2 Å². The van der Waals surface area contributed by atoms with E-state index in [2.05, 4.69) is 12.1 Å². The smallest absolute Gasteiger partial charge is 0.119 e. The Morgan fingerprint density at radius 2 is 1.33 bits per heavy atom. The van der Waals surface area contributed by atoms with Crippen LogP contribution in [0.2, 0.25) is 0 Å². The van der Waals surface area contributed by atoms with Crippen LogP contribution in [0.5, 0.6) is 5.75 Å². The van der Waals surface area contributed by atoms with E-state index in [0.717, 1.165) is 30.0 Å². The Kier molecular flexibility index (Phi) is 5.59. The van der Waals surface area contributed by atoms with Crippen LogP contribution in [0.3, 0.4) is 0 Å². The molecule has 0 heterocycles. The number of hydrogen-bond acceptors (Lipinski definition) is 4. The van der Waals surface area contributed by atoms with Crippen LogP contribution in [0.15, 0.2) is 48.5 Å². The summed E-state index contributed by atoms with van der Waals surface area (Å²) in [6.45, 7) is 1.20. The average molecular weight is 326 g/mol. The van der Waals surface area contributed by atoms with Crippen molar-refractivity contribution < 1.29 is 9.47 Å². The van der Waals surface area contributed by atoms with E-state index in [1.165, 1.54) is 18.4 Å². The van der Waals surface area contributed by atoms with E-state index in [9.17, 15) is 0 Å². The lowest BCUT2D eigenvalue weighted by Crippen LogP contribution is -2.23. The van der Waals surface area contributed by atoms with Gasteiger partial charge in [-0.05, 0) is 73.6 Å². The van der Waals surface area contributed by atoms with Gasteiger partial charge in [0.05, 0.1) is 12.7 Å². The molecule has 2 aromatic rings. The van der Waals surface area contributed by atoms with E-state index < -0.39 is 0 Å². The second-order valence-electron chi connectivity index (χ2n) is 6.43. The van der Waals surface area contributed by atoms with E-state index in [-0.39, 0.29) is 0 Å². The van der Waals surface area contributed by atoms with Crippen molar-refractivity contribution >= 4 is 11.4 Å². The molecule has 0 spiro atoms. The quantitative estimate of drug-likeness (QED) is 0.622. The monoisotopic (exact) mass is 326 g/mol. The van der Waals surface area contributed by atoms with Gasteiger partial charge in [0, 0.05) is 11.4 Å². The fourth-order valence-electron chi connectivity index (χ4n) is 3.27. The van der Waals surface area contributed by atoms with Gasteiger partial charge in [0.15, 0.2) is 0 Å². The highest BCUT2D eigenvalue weighted by Crippen LogP contribution is 2.34. The molecule has 24 heavy (non-hydrogen) atoms. The minimum absolute atomic E-state index is 0.352. The Labute approximate surface area is 143 Å². The lowest BCUT2D eigenvalue weighted by molar-refractivity contribution is 0.00978. The zero-order valence-electron chi connectivity index (χ0n) is 14.0. The van der Waals surface area contributed by atoms with E-state index in [4.69, 9.17) is 20.9 Å². The third kappa shape index (κ3) is 4.65. The summed E-state index contributed by atoms with van der Waals surface area (Å²) >= 11 is 0. The van der Waals surface area contributed by atoms with Crippen molar-refractivity contribution in [2.45, 2.75) is 37.7 Å². The Balaban J connectivity index is 1.35. The largest absolute Gasteiger partial charge is 0.491 e. The minimum Gasteiger partial charge on any atom is -0.491 e. The predicted molar refractivity (Wildman–Crippen MR) is 98.2 cm³/mol. The summed E-state index contributed by atoms with van der Waals surface area (Å²) in [5, 5.41) is 0. The van der Waals surface area contributed by atoms with E-state index in [0.29, 0.717) is 25.2 Å². The second kappa shape index (κ2) is 8.06. The molecule has 4 nitrogen and oxygen atoms in total. The minimum atomic E-state index is 0.352. The number of anilines is 2. The van der Waals surface area contributed by atoms with E-state index in [1.807, 2.05) is 36.4 Å². The molecule has 0 amide bonds. The molecule has 2 aromatic carbocycles. The third-order valence-corrected chi connectivity index (χ3v) is 4.67. The second-order valence-corrected chi connectivity index (χ2v) is 6.43. The first kappa shape index (κ1) is 16.7. The Hall–Kier alpha value is -2.20. The first-order valence-corrected chi connectivity index (χ1v) is 8.66. The molecule has 1 fully saturated rings. The molecule has 0 aromatic heterocycles. The van der Waals surface area contributed by atoms with Crippen molar-refractivity contribution in [1.82, 2.24) is 0 Å². The summed E-state index contributed by atoms with van der Waals surface area (Å²) in [4.78, 5) is 0. The van der Waals surface area contributed by atoms with Crippen molar-refractivity contribution in [1.29, 1.82) is 0 Å². The molecule has 0 bridgehead atoms. The molecule has 0 saturated heterocycles. The normalized spacial score (nSPS) is 20.7. The predicted octanol–water partition coefficient (Wildman–Crippen LogP) is 3.97. The van der Waals surface area contributed by atoms with Gasteiger partial charge in [0.1, 0.15) is 12.4 Å². The standard InChI is InChI=1S/C20H26N2O2/c21-17-5-1-15(2-6-17)16-3-9-19(10-4-16)23-13-14-24-20-11-7-18(22)8-12-20/h1-2,5-8,11-12,16,19H,3-4,9-10,13-14,21-22H2. The Morgan fingerprint density at radius 1 is 0.750 bits per heavy atom. The van der Waals surface area contributed by atoms with Crippen LogP contribution < -0.4 is 16.2 Å². The summed E-state index contributed by atoms with van der Waals surface area (Å²) in [5.41, 5.74) is 14.4. The molecule has 0 aliphatic heterocycles. The molecule has 1 aliphatic carbocycles. The summed E-state index contributed by atoms with van der Waals surface area (Å²) < 4.78 is 11.6. The van der Waals surface area contributed by atoms with Crippen LogP contribution in [0, 0.1) is 0 Å². The number of nitrogens with two attached hydrogens (primary N) is 2. The average Bonchev–Trinajstić information content (AvgIpc) is 2.62. The van der Waals surface area contributed by atoms with Crippen molar-refractivity contribution in [2.24, 2.45) is 0 Å². The van der Waals surface area contributed by atoms with Gasteiger partial charge in [-0.1, -0.05) is 12.1 Å². The Morgan fingerprint density at radius 3 is 1.96 bits per heavy atom. The number of ether oxygens (including phenoxy) is 2. The van der Waals surface area contributed by atoms with Gasteiger partial charge in [-0.15, -0.1) is 0 Å². The molecule has 1 saturated carbocycles. The van der Waals surface area contributed by atoms with E-state index >= 15 is 0 Å². The fourth-order valence-corrected chi connectivity index (χ4v) is 3.27. The van der Waals surface area contributed by atoms with Crippen LogP contribution >= 0.6 is 0 Å². The van der Waals surface area contributed by atoms with Gasteiger partial charge >= 0.3 is 0 Å². The van der Waals surface area contributed by atoms with Crippen molar-refractivity contribution in [3.8, 4) is 5.75 Å². The fraction of sp³-hybridized carbons (Fsp3) is 0.400. The molecular weight excluding hydrogens is 300 g/mol. The SMILES string of the molecule is Nc1ccc(OCCOC2CCC(c3ccc(N)cc3)CC2)cc1. The maximum Gasteiger partial charge on any atom is 0.119 e. The Bertz CT molecular complexity index is 617. The maximum absolute atomic E-state index is 5.96. The third-order valence-electron chi connectivity index (χ3n) is 4.67. The van der Waals surface area contributed by atoms with Crippen LogP contribution in [-0.2, 0) is 4.74 Å². The van der Waals surface area contributed by atoms with Gasteiger partial charge in [-0.2, -0.15) is 0 Å². The first-order valence-electron chi connectivity index (χ1n) is 8.66. The molecule has 4 heteroatoms. The number of nitrogen functional groups attached to an aromatic ring is 2. The van der Waals surface area contributed by atoms with Gasteiger partial charge in [0.25, 0.3) is 0 Å². The van der Waals surface area contributed by atoms with E-state index in [1.54, 1.807) is 0 Å². The molecule has 128 valence electrons. The van der Waals surface area contributed by atoms with Gasteiger partial charge in [-0.25, -0.2) is 0 Å². The molecule has 0 atom stereocenters. The van der Waals surface area contributed by atoms with Gasteiger partial charge in [0.2, 0.25) is 0 Å². The molecule has 1 aliphatic rings. The summed E-state index contributed by atoms with van der Waals surface area (Å²) in [6, 6.07) is 15.7.